The molecule has 0 saturated heterocycles. The van der Waals surface area contributed by atoms with E-state index in [0.717, 1.165) is 11.4 Å². The van der Waals surface area contributed by atoms with Crippen LogP contribution >= 0.6 is 0 Å². The molecule has 4 nitrogen and oxygen atoms in total. The molecule has 0 aliphatic carbocycles. The van der Waals surface area contributed by atoms with Crippen LogP contribution in [0.15, 0.2) is 60.4 Å². The standard InChI is InChI=1S/C17H16N4/c1-21(2)17-11-10-15(14-20-17)8-6-4-3-5-7-9-16(12-18)13-19/h3-11,14H,1-2H3/b4-3+,7-5+,8-6+. The summed E-state index contributed by atoms with van der Waals surface area (Å²) in [6.07, 6.45) is 14.2. The molecule has 0 aliphatic rings. The van der Waals surface area contributed by atoms with Gasteiger partial charge in [0, 0.05) is 20.3 Å². The first kappa shape index (κ1) is 15.9. The van der Waals surface area contributed by atoms with E-state index in [9.17, 15) is 0 Å². The van der Waals surface area contributed by atoms with E-state index in [1.54, 1.807) is 24.3 Å². The third-order valence-corrected chi connectivity index (χ3v) is 2.47. The first-order valence-corrected chi connectivity index (χ1v) is 6.32. The molecule has 1 aromatic heterocycles. The molecule has 0 aromatic carbocycles. The van der Waals surface area contributed by atoms with E-state index in [1.165, 1.54) is 6.08 Å². The zero-order chi connectivity index (χ0) is 15.5. The molecule has 1 rings (SSSR count). The number of anilines is 1. The molecule has 104 valence electrons. The number of aromatic nitrogens is 1. The van der Waals surface area contributed by atoms with E-state index in [0.29, 0.717) is 0 Å². The van der Waals surface area contributed by atoms with Gasteiger partial charge in [-0.3, -0.25) is 0 Å². The van der Waals surface area contributed by atoms with Gasteiger partial charge in [0.15, 0.2) is 0 Å². The van der Waals surface area contributed by atoms with Crippen molar-refractivity contribution in [2.45, 2.75) is 0 Å². The second-order valence-electron chi connectivity index (χ2n) is 4.28. The van der Waals surface area contributed by atoms with Crippen LogP contribution in [0, 0.1) is 22.7 Å². The van der Waals surface area contributed by atoms with Crippen LogP contribution in [0.4, 0.5) is 5.82 Å². The topological polar surface area (TPSA) is 63.7 Å². The average molecular weight is 276 g/mol. The largest absolute Gasteiger partial charge is 0.363 e. The molecule has 0 saturated carbocycles. The maximum absolute atomic E-state index is 8.53. The highest BCUT2D eigenvalue weighted by Crippen LogP contribution is 2.08. The molecule has 0 atom stereocenters. The third kappa shape index (κ3) is 6.04. The van der Waals surface area contributed by atoms with E-state index in [2.05, 4.69) is 4.98 Å². The number of pyridine rings is 1. The predicted octanol–water partition coefficient (Wildman–Crippen LogP) is 3.25. The van der Waals surface area contributed by atoms with Gasteiger partial charge in [-0.05, 0) is 23.8 Å². The van der Waals surface area contributed by atoms with E-state index in [-0.39, 0.29) is 5.57 Å². The van der Waals surface area contributed by atoms with Gasteiger partial charge in [0.25, 0.3) is 0 Å². The molecule has 0 amide bonds. The average Bonchev–Trinajstić information content (AvgIpc) is 2.50. The van der Waals surface area contributed by atoms with Crippen LogP contribution in [-0.2, 0) is 0 Å². The zero-order valence-corrected chi connectivity index (χ0v) is 12.1. The lowest BCUT2D eigenvalue weighted by Crippen LogP contribution is -2.09. The fraction of sp³-hybridized carbons (Fsp3) is 0.118. The van der Waals surface area contributed by atoms with E-state index in [4.69, 9.17) is 10.5 Å². The summed E-state index contributed by atoms with van der Waals surface area (Å²) in [5.41, 5.74) is 1.10. The number of nitriles is 2. The Kier molecular flexibility index (Phi) is 6.76. The smallest absolute Gasteiger partial charge is 0.129 e. The molecule has 0 bridgehead atoms. The van der Waals surface area contributed by atoms with Crippen LogP contribution in [-0.4, -0.2) is 19.1 Å². The van der Waals surface area contributed by atoms with Gasteiger partial charge in [-0.2, -0.15) is 10.5 Å². The summed E-state index contributed by atoms with van der Waals surface area (Å²) in [6, 6.07) is 7.53. The Balaban J connectivity index is 2.53. The first-order valence-electron chi connectivity index (χ1n) is 6.32. The van der Waals surface area contributed by atoms with Gasteiger partial charge in [-0.25, -0.2) is 4.98 Å². The molecule has 1 heterocycles. The highest BCUT2D eigenvalue weighted by Gasteiger charge is 1.94. The Morgan fingerprint density at radius 2 is 1.71 bits per heavy atom. The Morgan fingerprint density at radius 3 is 2.29 bits per heavy atom. The molecular weight excluding hydrogens is 260 g/mol. The first-order chi connectivity index (χ1) is 10.2. The minimum atomic E-state index is 0.0854. The van der Waals surface area contributed by atoms with Gasteiger partial charge in [0.05, 0.1) is 0 Å². The van der Waals surface area contributed by atoms with Crippen LogP contribution in [0.2, 0.25) is 0 Å². The van der Waals surface area contributed by atoms with Crippen molar-refractivity contribution in [3.8, 4) is 12.1 Å². The molecule has 0 aliphatic heterocycles. The van der Waals surface area contributed by atoms with Crippen LogP contribution < -0.4 is 4.90 Å². The van der Waals surface area contributed by atoms with Gasteiger partial charge in [-0.1, -0.05) is 36.5 Å². The number of hydrogen-bond acceptors (Lipinski definition) is 4. The molecule has 21 heavy (non-hydrogen) atoms. The maximum atomic E-state index is 8.53. The summed E-state index contributed by atoms with van der Waals surface area (Å²) < 4.78 is 0. The quantitative estimate of drug-likeness (QED) is 0.611. The Morgan fingerprint density at radius 1 is 1.05 bits per heavy atom. The Labute approximate surface area is 125 Å². The fourth-order valence-electron chi connectivity index (χ4n) is 1.37. The fourth-order valence-corrected chi connectivity index (χ4v) is 1.37. The van der Waals surface area contributed by atoms with Crippen molar-refractivity contribution in [1.29, 1.82) is 10.5 Å². The Hall–Kier alpha value is -3.11. The molecule has 1 aromatic rings. The lowest BCUT2D eigenvalue weighted by molar-refractivity contribution is 1.07. The lowest BCUT2D eigenvalue weighted by atomic mass is 10.2. The molecule has 0 radical (unpaired) electrons. The second kappa shape index (κ2) is 8.90. The summed E-state index contributed by atoms with van der Waals surface area (Å²) in [7, 11) is 3.90. The van der Waals surface area contributed by atoms with E-state index >= 15 is 0 Å². The number of rotatable bonds is 5. The second-order valence-corrected chi connectivity index (χ2v) is 4.28. The highest BCUT2D eigenvalue weighted by atomic mass is 15.1. The maximum Gasteiger partial charge on any atom is 0.129 e. The summed E-state index contributed by atoms with van der Waals surface area (Å²) >= 11 is 0. The van der Waals surface area contributed by atoms with Gasteiger partial charge < -0.3 is 4.90 Å². The van der Waals surface area contributed by atoms with Crippen molar-refractivity contribution in [3.05, 3.63) is 65.9 Å². The van der Waals surface area contributed by atoms with Crippen LogP contribution in [0.5, 0.6) is 0 Å². The molecule has 0 N–H and O–H groups in total. The van der Waals surface area contributed by atoms with Gasteiger partial charge >= 0.3 is 0 Å². The van der Waals surface area contributed by atoms with Crippen molar-refractivity contribution in [2.24, 2.45) is 0 Å². The van der Waals surface area contributed by atoms with Crippen LogP contribution in [0.25, 0.3) is 6.08 Å². The summed E-state index contributed by atoms with van der Waals surface area (Å²) in [5, 5.41) is 17.1. The molecule has 0 spiro atoms. The highest BCUT2D eigenvalue weighted by molar-refractivity contribution is 5.52. The molecule has 0 unspecified atom stereocenters. The van der Waals surface area contributed by atoms with E-state index in [1.807, 2.05) is 61.6 Å². The van der Waals surface area contributed by atoms with Gasteiger partial charge in [0.2, 0.25) is 0 Å². The zero-order valence-electron chi connectivity index (χ0n) is 12.1. The summed E-state index contributed by atoms with van der Waals surface area (Å²) in [4.78, 5) is 6.26. The van der Waals surface area contributed by atoms with Crippen molar-refractivity contribution in [2.75, 3.05) is 19.0 Å². The third-order valence-electron chi connectivity index (χ3n) is 2.47. The number of nitrogens with zero attached hydrogens (tertiary/aromatic N) is 4. The number of hydrogen-bond donors (Lipinski definition) is 0. The van der Waals surface area contributed by atoms with Crippen molar-refractivity contribution in [3.63, 3.8) is 0 Å². The minimum Gasteiger partial charge on any atom is -0.363 e. The summed E-state index contributed by atoms with van der Waals surface area (Å²) in [5.74, 6) is 0.920. The minimum absolute atomic E-state index is 0.0854. The predicted molar refractivity (Wildman–Crippen MR) is 85.2 cm³/mol. The number of allylic oxidation sites excluding steroid dienone is 7. The van der Waals surface area contributed by atoms with E-state index < -0.39 is 0 Å². The lowest BCUT2D eigenvalue weighted by Gasteiger charge is -2.10. The van der Waals surface area contributed by atoms with Crippen LogP contribution in [0.3, 0.4) is 0 Å². The van der Waals surface area contributed by atoms with Crippen molar-refractivity contribution < 1.29 is 0 Å². The molecular formula is C17H16N4. The monoisotopic (exact) mass is 276 g/mol. The van der Waals surface area contributed by atoms with Crippen molar-refractivity contribution >= 4 is 11.9 Å². The molecule has 0 fully saturated rings. The molecule has 4 heteroatoms. The summed E-state index contributed by atoms with van der Waals surface area (Å²) in [6.45, 7) is 0. The van der Waals surface area contributed by atoms with Gasteiger partial charge in [0.1, 0.15) is 23.5 Å². The normalized spacial score (nSPS) is 10.7. The SMILES string of the molecule is CN(C)c1ccc(/C=C/C=C/C=C/C=C(C#N)C#N)cn1. The van der Waals surface area contributed by atoms with Crippen LogP contribution in [0.1, 0.15) is 5.56 Å². The van der Waals surface area contributed by atoms with Crippen molar-refractivity contribution in [1.82, 2.24) is 4.98 Å². The van der Waals surface area contributed by atoms with Gasteiger partial charge in [-0.15, -0.1) is 0 Å². The Bertz CT molecular complexity index is 632.